The topological polar surface area (TPSA) is 177 Å². The number of aromatic hydroxyl groups is 2. The van der Waals surface area contributed by atoms with Gasteiger partial charge in [0.25, 0.3) is 0 Å². The Balaban J connectivity index is 0.000000348. The number of phenolic OH excluding ortho intramolecular Hbond substituents is 2. The number of phenols is 2. The molecule has 18 nitrogen and oxygen atoms in total. The van der Waals surface area contributed by atoms with Gasteiger partial charge in [0, 0.05) is 132 Å². The van der Waals surface area contributed by atoms with Crippen molar-refractivity contribution in [2.75, 3.05) is 81.3 Å². The normalized spacial score (nSPS) is 10.8. The van der Waals surface area contributed by atoms with E-state index in [1.54, 1.807) is 36.5 Å². The molecule has 8 rings (SSSR count). The summed E-state index contributed by atoms with van der Waals surface area (Å²) in [5.41, 5.74) is 6.56. The molecule has 0 saturated carbocycles. The van der Waals surface area contributed by atoms with Gasteiger partial charge in [-0.3, -0.25) is 0 Å². The maximum Gasteiger partial charge on any atom is 0.350 e. The van der Waals surface area contributed by atoms with Gasteiger partial charge in [-0.2, -0.15) is 0 Å². The minimum Gasteiger partial charge on any atom is -1.00 e. The summed E-state index contributed by atoms with van der Waals surface area (Å²) in [6, 6.07) is 45.8. The molecule has 432 valence electrons. The summed E-state index contributed by atoms with van der Waals surface area (Å²) in [6.45, 7) is 2.39. The van der Waals surface area contributed by atoms with Crippen molar-refractivity contribution in [3.63, 3.8) is 0 Å². The van der Waals surface area contributed by atoms with Crippen molar-refractivity contribution in [2.45, 2.75) is 32.5 Å². The fourth-order valence-electron chi connectivity index (χ4n) is 7.15. The Morgan fingerprint density at radius 1 is 0.427 bits per heavy atom. The van der Waals surface area contributed by atoms with Crippen molar-refractivity contribution >= 4 is 117 Å². The summed E-state index contributed by atoms with van der Waals surface area (Å²) < 4.78 is 8.06. The number of alkyl halides is 1. The molecule has 24 heteroatoms. The lowest BCUT2D eigenvalue weighted by atomic mass is 10.2. The maximum absolute atomic E-state index is 10.4. The second kappa shape index (κ2) is 36.2. The molecule has 0 spiro atoms. The first-order valence-electron chi connectivity index (χ1n) is 25.1. The second-order valence-corrected chi connectivity index (χ2v) is 21.0. The number of pyridine rings is 4. The molecule has 0 aliphatic carbocycles. The van der Waals surface area contributed by atoms with Crippen molar-refractivity contribution in [2.24, 2.45) is 40.9 Å². The fourth-order valence-corrected chi connectivity index (χ4v) is 8.02. The van der Waals surface area contributed by atoms with Crippen molar-refractivity contribution < 1.29 is 74.9 Å². The van der Waals surface area contributed by atoms with E-state index in [9.17, 15) is 10.2 Å². The lowest BCUT2D eigenvalue weighted by molar-refractivity contribution is -0.715. The first-order chi connectivity index (χ1) is 38.1. The molecular formula is C58H66Br6N16O2. The van der Waals surface area contributed by atoms with Crippen LogP contribution in [-0.2, 0) is 19.6 Å². The molecule has 8 aromatic rings. The van der Waals surface area contributed by atoms with E-state index in [-0.39, 0.29) is 62.4 Å². The average molecular weight is 1500 g/mol. The Labute approximate surface area is 537 Å². The molecular weight excluding hydrogens is 1430 g/mol. The number of halogens is 6. The highest BCUT2D eigenvalue weighted by molar-refractivity contribution is 9.10. The summed E-state index contributed by atoms with van der Waals surface area (Å²) in [5.74, 6) is 3.00. The number of hydrogen-bond acceptors (Lipinski definition) is 15. The lowest BCUT2D eigenvalue weighted by Crippen LogP contribution is -3.00. The van der Waals surface area contributed by atoms with E-state index in [1.165, 1.54) is 0 Å². The van der Waals surface area contributed by atoms with E-state index in [4.69, 9.17) is 0 Å². The van der Waals surface area contributed by atoms with E-state index in [0.717, 1.165) is 86.0 Å². The molecule has 0 amide bonds. The Kier molecular flexibility index (Phi) is 30.8. The van der Waals surface area contributed by atoms with Gasteiger partial charge >= 0.3 is 17.5 Å². The highest BCUT2D eigenvalue weighted by Gasteiger charge is 2.15. The summed E-state index contributed by atoms with van der Waals surface area (Å²) in [7, 11) is 15.7. The van der Waals surface area contributed by atoms with Gasteiger partial charge < -0.3 is 80.8 Å². The van der Waals surface area contributed by atoms with Gasteiger partial charge in [0.05, 0.1) is 51.8 Å². The molecule has 0 radical (unpaired) electrons. The predicted molar refractivity (Wildman–Crippen MR) is 326 cm³/mol. The van der Waals surface area contributed by atoms with Gasteiger partial charge in [-0.05, 0) is 157 Å². The van der Waals surface area contributed by atoms with Crippen molar-refractivity contribution in [3.8, 4) is 11.5 Å². The summed E-state index contributed by atoms with van der Waals surface area (Å²) in [6.07, 6.45) is 9.57. The minimum atomic E-state index is 0. The van der Waals surface area contributed by atoms with Crippen LogP contribution < -0.4 is 84.2 Å². The minimum absolute atomic E-state index is 0. The van der Waals surface area contributed by atoms with Crippen LogP contribution in [0.15, 0.2) is 220 Å². The number of rotatable bonds is 19. The molecule has 4 heterocycles. The Hall–Kier alpha value is -6.44. The Bertz CT molecular complexity index is 3330. The van der Waals surface area contributed by atoms with Crippen LogP contribution in [0.4, 0.5) is 68.8 Å². The molecule has 0 unspecified atom stereocenters. The molecule has 4 aromatic heterocycles. The highest BCUT2D eigenvalue weighted by Crippen LogP contribution is 2.33. The summed E-state index contributed by atoms with van der Waals surface area (Å²) in [5, 5.41) is 55.5. The van der Waals surface area contributed by atoms with E-state index < -0.39 is 0 Å². The Morgan fingerprint density at radius 2 is 0.841 bits per heavy atom. The molecule has 0 aliphatic heterocycles. The van der Waals surface area contributed by atoms with Crippen molar-refractivity contribution in [1.29, 1.82) is 0 Å². The zero-order valence-corrected chi connectivity index (χ0v) is 56.2. The van der Waals surface area contributed by atoms with E-state index >= 15 is 0 Å². The van der Waals surface area contributed by atoms with Crippen LogP contribution in [0.1, 0.15) is 12.8 Å². The van der Waals surface area contributed by atoms with Crippen molar-refractivity contribution in [3.05, 3.63) is 179 Å². The van der Waals surface area contributed by atoms with E-state index in [0.29, 0.717) is 29.6 Å². The molecule has 0 aliphatic rings. The Morgan fingerprint density at radius 3 is 1.28 bits per heavy atom. The summed E-state index contributed by atoms with van der Waals surface area (Å²) >= 11 is 10.3. The first kappa shape index (κ1) is 69.8. The number of aromatic nitrogens is 4. The third-order valence-corrected chi connectivity index (χ3v) is 13.1. The molecule has 2 N–H and O–H groups in total. The average Bonchev–Trinajstić information content (AvgIpc) is 3.45. The number of azo groups is 4. The molecule has 0 atom stereocenters. The third kappa shape index (κ3) is 22.7. The zero-order chi connectivity index (χ0) is 56.7. The number of nitrogens with zero attached hydrogens (tertiary/aromatic N) is 16. The van der Waals surface area contributed by atoms with Crippen LogP contribution in [0.2, 0.25) is 0 Å². The number of aryl methyl sites for hydroxylation is 3. The van der Waals surface area contributed by atoms with Gasteiger partial charge in [0.2, 0.25) is 0 Å². The maximum atomic E-state index is 10.4. The monoisotopic (exact) mass is 1490 g/mol. The smallest absolute Gasteiger partial charge is 0.350 e. The molecule has 0 saturated heterocycles. The van der Waals surface area contributed by atoms with Crippen LogP contribution >= 0.6 is 47.8 Å². The first-order valence-corrected chi connectivity index (χ1v) is 27.8. The van der Waals surface area contributed by atoms with E-state index in [1.807, 2.05) is 205 Å². The van der Waals surface area contributed by atoms with Gasteiger partial charge in [0.1, 0.15) is 34.8 Å². The number of benzene rings is 4. The van der Waals surface area contributed by atoms with Crippen LogP contribution in [0.3, 0.4) is 0 Å². The van der Waals surface area contributed by atoms with Gasteiger partial charge in [-0.1, -0.05) is 28.1 Å². The number of anilines is 4. The molecule has 0 fully saturated rings. The van der Waals surface area contributed by atoms with Crippen molar-refractivity contribution in [1.82, 2.24) is 4.98 Å². The number of hydrogen-bond donors (Lipinski definition) is 2. The van der Waals surface area contributed by atoms with Crippen LogP contribution in [0, 0.1) is 0 Å². The largest absolute Gasteiger partial charge is 1.00 e. The quantitative estimate of drug-likeness (QED) is 0.0562. The molecule has 4 aromatic carbocycles. The zero-order valence-electron chi connectivity index (χ0n) is 46.7. The third-order valence-electron chi connectivity index (χ3n) is 11.6. The van der Waals surface area contributed by atoms with Crippen LogP contribution in [0.25, 0.3) is 0 Å². The van der Waals surface area contributed by atoms with Gasteiger partial charge in [0.15, 0.2) is 11.5 Å². The van der Waals surface area contributed by atoms with Crippen LogP contribution in [0.5, 0.6) is 11.5 Å². The fraction of sp³-hybridized carbons (Fsp3) is 0.241. The van der Waals surface area contributed by atoms with Crippen LogP contribution in [-0.4, -0.2) is 76.9 Å². The van der Waals surface area contributed by atoms with Gasteiger partial charge in [-0.25, -0.2) is 18.7 Å². The SMILES string of the molecule is CN(C)c1ccc(N=Nc2ccc(Br)cn2)c(O)c1.CN(C)c1ccc(N=Nc2cccc[n+]2CCCBr)cc1.CN(C)c1ccc(N=Nc2cccc[n+]2CCC[n+]2cc(Br)ccc2N=Nc2ccc(N(C)C)cc2O)cc1.[Br-].[Br-].[Br-]. The molecule has 82 heavy (non-hydrogen) atoms. The van der Waals surface area contributed by atoms with E-state index in [2.05, 4.69) is 113 Å². The molecule has 0 bridgehead atoms. The van der Waals surface area contributed by atoms with Gasteiger partial charge in [-0.15, -0.1) is 10.2 Å². The second-order valence-electron chi connectivity index (χ2n) is 18.4. The summed E-state index contributed by atoms with van der Waals surface area (Å²) in [4.78, 5) is 12.0. The standard InChI is InChI=1S/C29H32BrN8O.C16H20BrN4.C13H13BrN4O.3BrH/c1-35(2)24-12-10-23(11-13-24)31-33-28-8-5-6-17-37(28)18-7-19-38-21-22(30)9-16-29(38)34-32-26-15-14-25(36(3)4)20-27(26)39;1-20(2)15-9-7-14(8-10-15)18-19-16-6-3-4-12-21(16)13-5-11-17;1-18(2)10-4-5-11(12(19)7-10)16-17-13-6-3-9(14)8-15-13;;;/h5-6,8-17,20-21H,7,18-19H2,1-4H3;3-4,6-10,12H,5,11,13H2,1-2H3;3-8,19H,1-2H3;3*1H/q2*+1;;;;/p-2. The highest BCUT2D eigenvalue weighted by atomic mass is 79.9. The predicted octanol–water partition coefficient (Wildman–Crippen LogP) is 6.07. The lowest BCUT2D eigenvalue weighted by Gasteiger charge is -2.12.